The van der Waals surface area contributed by atoms with Crippen LogP contribution in [0.4, 0.5) is 0 Å². The van der Waals surface area contributed by atoms with Crippen molar-refractivity contribution in [2.75, 3.05) is 0 Å². The molecule has 0 bridgehead atoms. The number of carboxylic acids is 1. The van der Waals surface area contributed by atoms with E-state index in [0.29, 0.717) is 31.1 Å². The minimum atomic E-state index is -0.742. The smallest absolute Gasteiger partial charge is 0.303 e. The van der Waals surface area contributed by atoms with E-state index < -0.39 is 23.2 Å². The number of hydrogen-bond donors (Lipinski definition) is 5. The predicted molar refractivity (Wildman–Crippen MR) is 122 cm³/mol. The highest BCUT2D eigenvalue weighted by atomic mass is 16.4. The summed E-state index contributed by atoms with van der Waals surface area (Å²) in [5, 5.41) is 30.9. The normalized spacial score (nSPS) is 44.4. The van der Waals surface area contributed by atoms with E-state index in [9.17, 15) is 15.0 Å². The number of unbranched alkanes of at least 4 members (excludes halogenated alkanes) is 1. The second-order valence-corrected chi connectivity index (χ2v) is 11.6. The molecule has 6 nitrogen and oxygen atoms in total. The third-order valence-corrected chi connectivity index (χ3v) is 9.66. The molecule has 0 amide bonds. The number of fused-ring (bicyclic) bond motifs is 3. The maximum absolute atomic E-state index is 11.3. The van der Waals surface area contributed by atoms with Gasteiger partial charge in [0.15, 0.2) is 0 Å². The molecule has 0 aromatic carbocycles. The van der Waals surface area contributed by atoms with Crippen LogP contribution in [0.3, 0.4) is 0 Å². The molecule has 0 aliphatic heterocycles. The molecule has 3 unspecified atom stereocenters. The largest absolute Gasteiger partial charge is 0.481 e. The summed E-state index contributed by atoms with van der Waals surface area (Å²) < 4.78 is 0. The van der Waals surface area contributed by atoms with Crippen molar-refractivity contribution in [1.82, 2.24) is 0 Å². The van der Waals surface area contributed by atoms with Gasteiger partial charge < -0.3 is 26.8 Å². The van der Waals surface area contributed by atoms with Crippen molar-refractivity contribution in [2.24, 2.45) is 40.6 Å². The minimum absolute atomic E-state index is 0.132. The zero-order chi connectivity index (χ0) is 23.0. The standard InChI is InChI=1S/C25H46N2O4/c1-4-5-6-18(28)13-17-14-20(29)22-24(26,15-17)12-11-23(3)19(9-10-25(22,23)27)16(2)7-8-21(30)31/h16-20,22,28-29H,4-15,26-27H2,1-3H3,(H,30,31)/t16-,17?,18-,19?,20-,22-,23?,24+,25-/m1/s1. The summed E-state index contributed by atoms with van der Waals surface area (Å²) in [6, 6.07) is 0. The maximum atomic E-state index is 11.3. The molecular formula is C25H46N2O4. The molecule has 3 saturated carbocycles. The van der Waals surface area contributed by atoms with Crippen molar-refractivity contribution in [3.05, 3.63) is 0 Å². The molecule has 0 radical (unpaired) electrons. The first-order valence-corrected chi connectivity index (χ1v) is 12.6. The highest BCUT2D eigenvalue weighted by Crippen LogP contribution is 2.65. The molecular weight excluding hydrogens is 392 g/mol. The Morgan fingerprint density at radius 1 is 1.19 bits per heavy atom. The van der Waals surface area contributed by atoms with E-state index >= 15 is 0 Å². The number of rotatable bonds is 9. The Morgan fingerprint density at radius 3 is 2.55 bits per heavy atom. The van der Waals surface area contributed by atoms with Crippen LogP contribution in [0.2, 0.25) is 0 Å². The van der Waals surface area contributed by atoms with E-state index in [-0.39, 0.29) is 29.8 Å². The van der Waals surface area contributed by atoms with E-state index in [1.807, 2.05) is 0 Å². The molecule has 0 saturated heterocycles. The number of carbonyl (C=O) groups is 1. The number of aliphatic carboxylic acids is 1. The van der Waals surface area contributed by atoms with E-state index in [4.69, 9.17) is 16.6 Å². The van der Waals surface area contributed by atoms with Crippen LogP contribution in [0.1, 0.15) is 97.8 Å². The molecule has 0 aromatic heterocycles. The average molecular weight is 439 g/mol. The van der Waals surface area contributed by atoms with Gasteiger partial charge in [-0.3, -0.25) is 4.79 Å². The number of carboxylic acid groups (broad SMARTS) is 1. The molecule has 3 aliphatic rings. The van der Waals surface area contributed by atoms with Gasteiger partial charge in [-0.1, -0.05) is 33.6 Å². The fourth-order valence-corrected chi connectivity index (χ4v) is 8.07. The second-order valence-electron chi connectivity index (χ2n) is 11.6. The third-order valence-electron chi connectivity index (χ3n) is 9.66. The van der Waals surface area contributed by atoms with Gasteiger partial charge in [-0.25, -0.2) is 0 Å². The fourth-order valence-electron chi connectivity index (χ4n) is 8.07. The van der Waals surface area contributed by atoms with Crippen LogP contribution in [-0.2, 0) is 4.79 Å². The van der Waals surface area contributed by atoms with Crippen molar-refractivity contribution < 1.29 is 20.1 Å². The summed E-state index contributed by atoms with van der Waals surface area (Å²) in [7, 11) is 0. The van der Waals surface area contributed by atoms with Crippen molar-refractivity contribution in [3.8, 4) is 0 Å². The third kappa shape index (κ3) is 4.55. The topological polar surface area (TPSA) is 130 Å². The molecule has 3 rings (SSSR count). The van der Waals surface area contributed by atoms with Gasteiger partial charge >= 0.3 is 5.97 Å². The molecule has 3 fully saturated rings. The Balaban J connectivity index is 1.76. The van der Waals surface area contributed by atoms with E-state index in [1.54, 1.807) is 0 Å². The van der Waals surface area contributed by atoms with Crippen LogP contribution in [0.25, 0.3) is 0 Å². The zero-order valence-corrected chi connectivity index (χ0v) is 19.9. The monoisotopic (exact) mass is 438 g/mol. The molecule has 9 atom stereocenters. The highest BCUT2D eigenvalue weighted by Gasteiger charge is 2.68. The molecule has 180 valence electrons. The van der Waals surface area contributed by atoms with Gasteiger partial charge in [-0.15, -0.1) is 0 Å². The van der Waals surface area contributed by atoms with Crippen molar-refractivity contribution in [1.29, 1.82) is 0 Å². The fraction of sp³-hybridized carbons (Fsp3) is 0.960. The van der Waals surface area contributed by atoms with Gasteiger partial charge in [0.2, 0.25) is 0 Å². The summed E-state index contributed by atoms with van der Waals surface area (Å²) in [6.45, 7) is 6.57. The first-order chi connectivity index (χ1) is 14.5. The van der Waals surface area contributed by atoms with Crippen LogP contribution in [0.5, 0.6) is 0 Å². The quantitative estimate of drug-likeness (QED) is 0.375. The zero-order valence-electron chi connectivity index (χ0n) is 19.9. The molecule has 31 heavy (non-hydrogen) atoms. The minimum Gasteiger partial charge on any atom is -0.481 e. The Kier molecular flexibility index (Phi) is 7.47. The maximum Gasteiger partial charge on any atom is 0.303 e. The van der Waals surface area contributed by atoms with Gasteiger partial charge in [-0.05, 0) is 81.0 Å². The number of nitrogens with two attached hydrogens (primary N) is 2. The SMILES string of the molecule is CCCC[C@@H](O)CC1C[C@@H](O)[C@@H]2[C@](N)(CCC3(C)C([C@H](C)CCC(=O)O)CC[C@@]23N)C1. The Labute approximate surface area is 188 Å². The summed E-state index contributed by atoms with van der Waals surface area (Å²) >= 11 is 0. The van der Waals surface area contributed by atoms with Crippen molar-refractivity contribution in [2.45, 2.75) is 121 Å². The Bertz CT molecular complexity index is 645. The number of hydrogen-bond acceptors (Lipinski definition) is 5. The lowest BCUT2D eigenvalue weighted by molar-refractivity contribution is -0.137. The van der Waals surface area contributed by atoms with Crippen LogP contribution < -0.4 is 11.5 Å². The molecule has 0 spiro atoms. The Hall–Kier alpha value is -0.690. The highest BCUT2D eigenvalue weighted by molar-refractivity contribution is 5.66. The van der Waals surface area contributed by atoms with Crippen molar-refractivity contribution in [3.63, 3.8) is 0 Å². The second kappa shape index (κ2) is 9.28. The van der Waals surface area contributed by atoms with Crippen LogP contribution in [0.15, 0.2) is 0 Å². The van der Waals surface area contributed by atoms with E-state index in [1.165, 1.54) is 0 Å². The average Bonchev–Trinajstić information content (AvgIpc) is 2.95. The first-order valence-electron chi connectivity index (χ1n) is 12.6. The number of aliphatic hydroxyl groups excluding tert-OH is 2. The van der Waals surface area contributed by atoms with Crippen LogP contribution in [0, 0.1) is 29.1 Å². The number of aliphatic hydroxyl groups is 2. The summed E-state index contributed by atoms with van der Waals surface area (Å²) in [6.07, 6.45) is 8.73. The lowest BCUT2D eigenvalue weighted by Gasteiger charge is -2.63. The first kappa shape index (κ1) is 24.9. The van der Waals surface area contributed by atoms with E-state index in [2.05, 4.69) is 20.8 Å². The summed E-state index contributed by atoms with van der Waals surface area (Å²) in [4.78, 5) is 11.1. The summed E-state index contributed by atoms with van der Waals surface area (Å²) in [5.41, 5.74) is 13.1. The Morgan fingerprint density at radius 2 is 1.90 bits per heavy atom. The van der Waals surface area contributed by atoms with Gasteiger partial charge in [-0.2, -0.15) is 0 Å². The predicted octanol–water partition coefficient (Wildman–Crippen LogP) is 3.42. The van der Waals surface area contributed by atoms with Gasteiger partial charge in [0.25, 0.3) is 0 Å². The summed E-state index contributed by atoms with van der Waals surface area (Å²) in [5.74, 6) is 0.0110. The molecule has 6 heteroatoms. The lowest BCUT2D eigenvalue weighted by atomic mass is 9.46. The van der Waals surface area contributed by atoms with Gasteiger partial charge in [0.1, 0.15) is 0 Å². The molecule has 0 aromatic rings. The molecule has 7 N–H and O–H groups in total. The van der Waals surface area contributed by atoms with Gasteiger partial charge in [0, 0.05) is 23.4 Å². The van der Waals surface area contributed by atoms with Gasteiger partial charge in [0.05, 0.1) is 12.2 Å². The van der Waals surface area contributed by atoms with Crippen LogP contribution >= 0.6 is 0 Å². The van der Waals surface area contributed by atoms with Crippen LogP contribution in [-0.4, -0.2) is 44.6 Å². The lowest BCUT2D eigenvalue weighted by Crippen LogP contribution is -2.74. The molecule has 3 aliphatic carbocycles. The van der Waals surface area contributed by atoms with E-state index in [0.717, 1.165) is 51.4 Å². The molecule has 0 heterocycles. The van der Waals surface area contributed by atoms with Crippen molar-refractivity contribution >= 4 is 5.97 Å².